The van der Waals surface area contributed by atoms with Crippen LogP contribution in [0, 0.1) is 11.3 Å². The topological polar surface area (TPSA) is 56.9 Å². The molecular formula is C8H5ClF2N2O. The van der Waals surface area contributed by atoms with Gasteiger partial charge in [-0.15, -0.1) is 0 Å². The van der Waals surface area contributed by atoms with Crippen molar-refractivity contribution < 1.29 is 13.9 Å². The van der Waals surface area contributed by atoms with E-state index in [-0.39, 0.29) is 17.3 Å². The van der Waals surface area contributed by atoms with Gasteiger partial charge in [0.05, 0.1) is 23.7 Å². The zero-order valence-corrected chi connectivity index (χ0v) is 7.59. The molecule has 0 bridgehead atoms. The Morgan fingerprint density at radius 3 is 2.79 bits per heavy atom. The van der Waals surface area contributed by atoms with Crippen molar-refractivity contribution in [2.24, 2.45) is 0 Å². The summed E-state index contributed by atoms with van der Waals surface area (Å²) >= 11 is 5.42. The summed E-state index contributed by atoms with van der Waals surface area (Å²) < 4.78 is 24.4. The summed E-state index contributed by atoms with van der Waals surface area (Å²) in [5.74, 6) is -0.439. The molecule has 0 saturated carbocycles. The van der Waals surface area contributed by atoms with Crippen LogP contribution in [-0.2, 0) is 6.42 Å². The largest absolute Gasteiger partial charge is 0.506 e. The fraction of sp³-hybridized carbons (Fsp3) is 0.250. The van der Waals surface area contributed by atoms with Gasteiger partial charge < -0.3 is 5.11 Å². The highest BCUT2D eigenvalue weighted by Crippen LogP contribution is 2.30. The van der Waals surface area contributed by atoms with Gasteiger partial charge in [-0.05, 0) is 6.07 Å². The van der Waals surface area contributed by atoms with Gasteiger partial charge in [-0.25, -0.2) is 13.8 Å². The molecule has 0 radical (unpaired) electrons. The molecule has 0 aliphatic heterocycles. The van der Waals surface area contributed by atoms with Crippen LogP contribution in [0.4, 0.5) is 8.78 Å². The molecule has 1 heterocycles. The number of rotatable bonds is 2. The zero-order valence-electron chi connectivity index (χ0n) is 6.84. The Hall–Kier alpha value is -1.41. The van der Waals surface area contributed by atoms with Crippen molar-refractivity contribution in [3.05, 3.63) is 22.5 Å². The third-order valence-corrected chi connectivity index (χ3v) is 1.84. The van der Waals surface area contributed by atoms with Crippen molar-refractivity contribution >= 4 is 11.6 Å². The molecule has 1 rings (SSSR count). The first kappa shape index (κ1) is 10.7. The quantitative estimate of drug-likeness (QED) is 0.776. The molecule has 14 heavy (non-hydrogen) atoms. The number of aromatic hydroxyl groups is 1. The molecule has 1 aromatic rings. The monoisotopic (exact) mass is 218 g/mol. The van der Waals surface area contributed by atoms with Crippen LogP contribution in [0.25, 0.3) is 0 Å². The highest BCUT2D eigenvalue weighted by molar-refractivity contribution is 6.30. The predicted molar refractivity (Wildman–Crippen MR) is 45.2 cm³/mol. The van der Waals surface area contributed by atoms with Crippen LogP contribution in [-0.4, -0.2) is 10.1 Å². The summed E-state index contributed by atoms with van der Waals surface area (Å²) in [4.78, 5) is 3.50. The standard InChI is InChI=1S/C8H5ClF2N2O/c9-7-4(8(10)11)3-6(14)5(13-7)1-2-12/h3,8,14H,1H2. The molecule has 3 nitrogen and oxygen atoms in total. The minimum Gasteiger partial charge on any atom is -0.506 e. The molecule has 1 N–H and O–H groups in total. The Morgan fingerprint density at radius 1 is 1.64 bits per heavy atom. The van der Waals surface area contributed by atoms with Crippen molar-refractivity contribution in [3.63, 3.8) is 0 Å². The summed E-state index contributed by atoms with van der Waals surface area (Å²) in [6, 6.07) is 2.56. The number of aromatic nitrogens is 1. The number of hydrogen-bond acceptors (Lipinski definition) is 3. The maximum atomic E-state index is 12.2. The average Bonchev–Trinajstić information content (AvgIpc) is 2.10. The van der Waals surface area contributed by atoms with E-state index in [2.05, 4.69) is 4.98 Å². The summed E-state index contributed by atoms with van der Waals surface area (Å²) in [6.45, 7) is 0. The van der Waals surface area contributed by atoms with Gasteiger partial charge in [0.25, 0.3) is 6.43 Å². The molecule has 0 aliphatic rings. The molecule has 0 aliphatic carbocycles. The normalized spacial score (nSPS) is 10.2. The third-order valence-electron chi connectivity index (χ3n) is 1.54. The van der Waals surface area contributed by atoms with Crippen LogP contribution in [0.5, 0.6) is 5.75 Å². The minimum atomic E-state index is -2.79. The Labute approximate surface area is 83.6 Å². The summed E-state index contributed by atoms with van der Waals surface area (Å²) in [5.41, 5.74) is -0.534. The van der Waals surface area contributed by atoms with Crippen LogP contribution in [0.15, 0.2) is 6.07 Å². The average molecular weight is 219 g/mol. The number of nitrogens with zero attached hydrogens (tertiary/aromatic N) is 2. The van der Waals surface area contributed by atoms with Crippen molar-refractivity contribution in [2.45, 2.75) is 12.8 Å². The van der Waals surface area contributed by atoms with Crippen molar-refractivity contribution in [1.29, 1.82) is 5.26 Å². The Kier molecular flexibility index (Phi) is 3.20. The third kappa shape index (κ3) is 2.09. The second-order valence-corrected chi connectivity index (χ2v) is 2.83. The van der Waals surface area contributed by atoms with Gasteiger partial charge in [-0.3, -0.25) is 0 Å². The van der Waals surface area contributed by atoms with Gasteiger partial charge in [0.15, 0.2) is 0 Å². The molecule has 0 atom stereocenters. The van der Waals surface area contributed by atoms with Crippen LogP contribution >= 0.6 is 11.6 Å². The van der Waals surface area contributed by atoms with Crippen molar-refractivity contribution in [1.82, 2.24) is 4.98 Å². The van der Waals surface area contributed by atoms with E-state index in [1.165, 1.54) is 0 Å². The molecule has 0 spiro atoms. The summed E-state index contributed by atoms with van der Waals surface area (Å²) in [5, 5.41) is 17.1. The van der Waals surface area contributed by atoms with E-state index in [1.807, 2.05) is 0 Å². The fourth-order valence-corrected chi connectivity index (χ4v) is 1.13. The van der Waals surface area contributed by atoms with Crippen LogP contribution in [0.1, 0.15) is 17.7 Å². The molecule has 0 unspecified atom stereocenters. The molecule has 0 saturated heterocycles. The smallest absolute Gasteiger partial charge is 0.266 e. The lowest BCUT2D eigenvalue weighted by molar-refractivity contribution is 0.150. The first-order valence-corrected chi connectivity index (χ1v) is 3.97. The van der Waals surface area contributed by atoms with Crippen molar-refractivity contribution in [3.8, 4) is 11.8 Å². The van der Waals surface area contributed by atoms with E-state index in [9.17, 15) is 13.9 Å². The SMILES string of the molecule is N#CCc1nc(Cl)c(C(F)F)cc1O. The van der Waals surface area contributed by atoms with E-state index in [0.717, 1.165) is 6.07 Å². The number of alkyl halides is 2. The van der Waals surface area contributed by atoms with Crippen LogP contribution in [0.2, 0.25) is 5.15 Å². The molecule has 74 valence electrons. The van der Waals surface area contributed by atoms with E-state index in [0.29, 0.717) is 0 Å². The van der Waals surface area contributed by atoms with Gasteiger partial charge in [0, 0.05) is 0 Å². The molecule has 0 fully saturated rings. The molecule has 1 aromatic heterocycles. The van der Waals surface area contributed by atoms with E-state index in [1.54, 1.807) is 6.07 Å². The van der Waals surface area contributed by atoms with E-state index in [4.69, 9.17) is 16.9 Å². The zero-order chi connectivity index (χ0) is 10.7. The number of halogens is 3. The highest BCUT2D eigenvalue weighted by Gasteiger charge is 2.16. The second kappa shape index (κ2) is 4.20. The molecular weight excluding hydrogens is 214 g/mol. The maximum absolute atomic E-state index is 12.2. The van der Waals surface area contributed by atoms with Gasteiger partial charge >= 0.3 is 0 Å². The number of hydrogen-bond donors (Lipinski definition) is 1. The summed E-state index contributed by atoms with van der Waals surface area (Å²) in [7, 11) is 0. The lowest BCUT2D eigenvalue weighted by Gasteiger charge is -2.05. The second-order valence-electron chi connectivity index (χ2n) is 2.47. The Balaban J connectivity index is 3.18. The van der Waals surface area contributed by atoms with Gasteiger partial charge in [0.1, 0.15) is 10.9 Å². The van der Waals surface area contributed by atoms with Crippen molar-refractivity contribution in [2.75, 3.05) is 0 Å². The van der Waals surface area contributed by atoms with Crippen LogP contribution in [0.3, 0.4) is 0 Å². The van der Waals surface area contributed by atoms with E-state index >= 15 is 0 Å². The van der Waals surface area contributed by atoms with Gasteiger partial charge in [0.2, 0.25) is 0 Å². The summed E-state index contributed by atoms with van der Waals surface area (Å²) in [6.07, 6.45) is -2.97. The van der Waals surface area contributed by atoms with Crippen LogP contribution < -0.4 is 0 Å². The van der Waals surface area contributed by atoms with Gasteiger partial charge in [-0.1, -0.05) is 11.6 Å². The highest BCUT2D eigenvalue weighted by atomic mass is 35.5. The predicted octanol–water partition coefficient (Wildman–Crippen LogP) is 2.44. The Bertz CT molecular complexity index is 390. The maximum Gasteiger partial charge on any atom is 0.266 e. The lowest BCUT2D eigenvalue weighted by Crippen LogP contribution is -1.95. The fourth-order valence-electron chi connectivity index (χ4n) is 0.888. The Morgan fingerprint density at radius 2 is 2.29 bits per heavy atom. The first-order valence-electron chi connectivity index (χ1n) is 3.59. The molecule has 6 heteroatoms. The lowest BCUT2D eigenvalue weighted by atomic mass is 10.2. The first-order chi connectivity index (χ1) is 6.56. The number of pyridine rings is 1. The molecule has 0 amide bonds. The number of nitriles is 1. The minimum absolute atomic E-state index is 0.00176. The van der Waals surface area contributed by atoms with E-state index < -0.39 is 17.7 Å². The molecule has 0 aromatic carbocycles. The van der Waals surface area contributed by atoms with Gasteiger partial charge in [-0.2, -0.15) is 5.26 Å².